The maximum atomic E-state index is 13.2. The Labute approximate surface area is 85.6 Å². The van der Waals surface area contributed by atoms with Crippen molar-refractivity contribution in [2.75, 3.05) is 0 Å². The van der Waals surface area contributed by atoms with E-state index in [0.29, 0.717) is 11.4 Å². The molecule has 0 aliphatic heterocycles. The lowest BCUT2D eigenvalue weighted by Gasteiger charge is -2.01. The molecule has 1 aromatic heterocycles. The molecule has 0 fully saturated rings. The molecule has 15 heavy (non-hydrogen) atoms. The van der Waals surface area contributed by atoms with Gasteiger partial charge >= 0.3 is 0 Å². The topological polar surface area (TPSA) is 25.8 Å². The molecule has 0 unspecified atom stereocenters. The van der Waals surface area contributed by atoms with Crippen LogP contribution >= 0.6 is 0 Å². The molecule has 2 aromatic rings. The Kier molecular flexibility index (Phi) is 2.67. The van der Waals surface area contributed by atoms with E-state index < -0.39 is 11.6 Å². The highest BCUT2D eigenvalue weighted by molar-refractivity contribution is 5.21. The highest BCUT2D eigenvalue weighted by atomic mass is 19.1. The van der Waals surface area contributed by atoms with E-state index in [0.717, 1.165) is 6.07 Å². The predicted molar refractivity (Wildman–Crippen MR) is 51.2 cm³/mol. The third-order valence-electron chi connectivity index (χ3n) is 1.98. The summed E-state index contributed by atoms with van der Waals surface area (Å²) in [4.78, 5) is 7.93. The fourth-order valence-corrected chi connectivity index (χ4v) is 1.26. The molecule has 0 saturated carbocycles. The average molecular weight is 206 g/mol. The Balaban J connectivity index is 2.25. The summed E-state index contributed by atoms with van der Waals surface area (Å²) in [5, 5.41) is 0. The number of rotatable bonds is 2. The van der Waals surface area contributed by atoms with Gasteiger partial charge in [0.15, 0.2) is 0 Å². The molecule has 76 valence electrons. The van der Waals surface area contributed by atoms with Gasteiger partial charge in [0.05, 0.1) is 0 Å². The highest BCUT2D eigenvalue weighted by Crippen LogP contribution is 2.12. The van der Waals surface area contributed by atoms with Gasteiger partial charge in [0.1, 0.15) is 17.5 Å². The summed E-state index contributed by atoms with van der Waals surface area (Å²) in [5.74, 6) is -0.629. The van der Waals surface area contributed by atoms with Crippen LogP contribution in [-0.4, -0.2) is 9.97 Å². The van der Waals surface area contributed by atoms with E-state index in [2.05, 4.69) is 9.97 Å². The van der Waals surface area contributed by atoms with E-state index in [1.807, 2.05) is 0 Å². The van der Waals surface area contributed by atoms with Crippen molar-refractivity contribution in [2.45, 2.75) is 6.42 Å². The zero-order valence-corrected chi connectivity index (χ0v) is 7.82. The van der Waals surface area contributed by atoms with Gasteiger partial charge in [-0.15, -0.1) is 0 Å². The van der Waals surface area contributed by atoms with E-state index in [-0.39, 0.29) is 6.42 Å². The van der Waals surface area contributed by atoms with Crippen molar-refractivity contribution >= 4 is 0 Å². The molecule has 1 heterocycles. The molecule has 0 spiro atoms. The third kappa shape index (κ3) is 2.34. The summed E-state index contributed by atoms with van der Waals surface area (Å²) in [6, 6.07) is 5.17. The summed E-state index contributed by atoms with van der Waals surface area (Å²) < 4.78 is 25.9. The second kappa shape index (κ2) is 4.13. The van der Waals surface area contributed by atoms with Crippen molar-refractivity contribution in [3.8, 4) is 0 Å². The lowest BCUT2D eigenvalue weighted by molar-refractivity contribution is 0.573. The second-order valence-corrected chi connectivity index (χ2v) is 3.08. The Hall–Kier alpha value is -1.84. The summed E-state index contributed by atoms with van der Waals surface area (Å²) in [7, 11) is 0. The van der Waals surface area contributed by atoms with Crippen LogP contribution in [0, 0.1) is 11.6 Å². The summed E-state index contributed by atoms with van der Waals surface area (Å²) in [6.45, 7) is 0. The number of aromatic nitrogens is 2. The molecular weight excluding hydrogens is 198 g/mol. The smallest absolute Gasteiger partial charge is 0.132 e. The first kappa shape index (κ1) is 9.71. The van der Waals surface area contributed by atoms with Crippen molar-refractivity contribution in [3.63, 3.8) is 0 Å². The van der Waals surface area contributed by atoms with Crippen LogP contribution in [0.15, 0.2) is 36.7 Å². The Morgan fingerprint density at radius 3 is 2.47 bits per heavy atom. The van der Waals surface area contributed by atoms with Crippen molar-refractivity contribution in [3.05, 3.63) is 59.7 Å². The van der Waals surface area contributed by atoms with Gasteiger partial charge in [-0.3, -0.25) is 0 Å². The van der Waals surface area contributed by atoms with Gasteiger partial charge < -0.3 is 0 Å². The standard InChI is InChI=1S/C11H8F2N2/c12-9-3-2-8(10(13)7-9)6-11-14-4-1-5-15-11/h1-5,7H,6H2. The first-order chi connectivity index (χ1) is 7.25. The first-order valence-electron chi connectivity index (χ1n) is 4.45. The second-order valence-electron chi connectivity index (χ2n) is 3.08. The van der Waals surface area contributed by atoms with Crippen LogP contribution in [0.4, 0.5) is 8.78 Å². The summed E-state index contributed by atoms with van der Waals surface area (Å²) in [5.41, 5.74) is 0.391. The van der Waals surface area contributed by atoms with Crippen LogP contribution in [0.2, 0.25) is 0 Å². The van der Waals surface area contributed by atoms with Gasteiger partial charge in [-0.25, -0.2) is 18.7 Å². The van der Waals surface area contributed by atoms with Crippen molar-refractivity contribution < 1.29 is 8.78 Å². The van der Waals surface area contributed by atoms with Crippen molar-refractivity contribution in [1.29, 1.82) is 0 Å². The lowest BCUT2D eigenvalue weighted by Crippen LogP contribution is -1.98. The Morgan fingerprint density at radius 2 is 1.80 bits per heavy atom. The largest absolute Gasteiger partial charge is 0.241 e. The van der Waals surface area contributed by atoms with Gasteiger partial charge in [0, 0.05) is 24.9 Å². The van der Waals surface area contributed by atoms with Gasteiger partial charge in [0.25, 0.3) is 0 Å². The molecule has 0 aliphatic rings. The molecule has 0 bridgehead atoms. The normalized spacial score (nSPS) is 10.3. The number of halogens is 2. The zero-order valence-electron chi connectivity index (χ0n) is 7.82. The number of hydrogen-bond acceptors (Lipinski definition) is 2. The van der Waals surface area contributed by atoms with E-state index in [1.54, 1.807) is 18.5 Å². The summed E-state index contributed by atoms with van der Waals surface area (Å²) in [6.07, 6.45) is 3.44. The molecule has 0 atom stereocenters. The van der Waals surface area contributed by atoms with Crippen molar-refractivity contribution in [2.24, 2.45) is 0 Å². The molecule has 0 N–H and O–H groups in total. The molecule has 4 heteroatoms. The molecule has 0 radical (unpaired) electrons. The number of nitrogens with zero attached hydrogens (tertiary/aromatic N) is 2. The van der Waals surface area contributed by atoms with E-state index in [9.17, 15) is 8.78 Å². The predicted octanol–water partition coefficient (Wildman–Crippen LogP) is 2.35. The maximum Gasteiger partial charge on any atom is 0.132 e. The molecule has 0 saturated heterocycles. The molecule has 0 aliphatic carbocycles. The van der Waals surface area contributed by atoms with Crippen LogP contribution in [0.25, 0.3) is 0 Å². The minimum atomic E-state index is -0.578. The zero-order chi connectivity index (χ0) is 10.7. The molecule has 2 nitrogen and oxygen atoms in total. The maximum absolute atomic E-state index is 13.2. The fraction of sp³-hybridized carbons (Fsp3) is 0.0909. The van der Waals surface area contributed by atoms with Crippen LogP contribution in [0.3, 0.4) is 0 Å². The van der Waals surface area contributed by atoms with Crippen molar-refractivity contribution in [1.82, 2.24) is 9.97 Å². The fourth-order valence-electron chi connectivity index (χ4n) is 1.26. The van der Waals surface area contributed by atoms with E-state index >= 15 is 0 Å². The monoisotopic (exact) mass is 206 g/mol. The quantitative estimate of drug-likeness (QED) is 0.753. The minimum absolute atomic E-state index is 0.271. The van der Waals surface area contributed by atoms with Gasteiger partial charge in [-0.2, -0.15) is 0 Å². The lowest BCUT2D eigenvalue weighted by atomic mass is 10.1. The van der Waals surface area contributed by atoms with Crippen LogP contribution in [-0.2, 0) is 6.42 Å². The average Bonchev–Trinajstić information content (AvgIpc) is 2.24. The van der Waals surface area contributed by atoms with E-state index in [4.69, 9.17) is 0 Å². The SMILES string of the molecule is Fc1ccc(Cc2ncccn2)c(F)c1. The van der Waals surface area contributed by atoms with Gasteiger partial charge in [0.2, 0.25) is 0 Å². The molecular formula is C11H8F2N2. The minimum Gasteiger partial charge on any atom is -0.241 e. The van der Waals surface area contributed by atoms with Gasteiger partial charge in [-0.1, -0.05) is 6.07 Å². The van der Waals surface area contributed by atoms with Crippen LogP contribution < -0.4 is 0 Å². The van der Waals surface area contributed by atoms with E-state index in [1.165, 1.54) is 12.1 Å². The first-order valence-corrected chi connectivity index (χ1v) is 4.45. The molecule has 1 aromatic carbocycles. The summed E-state index contributed by atoms with van der Waals surface area (Å²) >= 11 is 0. The molecule has 2 rings (SSSR count). The Bertz CT molecular complexity index is 457. The molecule has 0 amide bonds. The third-order valence-corrected chi connectivity index (χ3v) is 1.98. The highest BCUT2D eigenvalue weighted by Gasteiger charge is 2.05. The van der Waals surface area contributed by atoms with Gasteiger partial charge in [-0.05, 0) is 17.7 Å². The van der Waals surface area contributed by atoms with Crippen LogP contribution in [0.5, 0.6) is 0 Å². The van der Waals surface area contributed by atoms with Crippen LogP contribution in [0.1, 0.15) is 11.4 Å². The number of hydrogen-bond donors (Lipinski definition) is 0. The Morgan fingerprint density at radius 1 is 1.07 bits per heavy atom. The number of benzene rings is 1.